The molecule has 1 heterocycles. The lowest BCUT2D eigenvalue weighted by Gasteiger charge is -2.31. The van der Waals surface area contributed by atoms with E-state index in [2.05, 4.69) is 11.6 Å². The molecule has 5 heteroatoms. The molecule has 0 spiro atoms. The standard InChI is InChI=1S/C11H18N2O2S/c1-16-9-4-2-3-8(9)13-6-5-10(14)12-7-11(13)15/h8-9H,2-7H2,1H3,(H,12,14). The van der Waals surface area contributed by atoms with E-state index in [4.69, 9.17) is 0 Å². The maximum Gasteiger partial charge on any atom is 0.242 e. The minimum absolute atomic E-state index is 0.00505. The Bertz CT molecular complexity index is 296. The first-order valence-electron chi connectivity index (χ1n) is 5.81. The summed E-state index contributed by atoms with van der Waals surface area (Å²) in [6, 6.07) is 0.343. The van der Waals surface area contributed by atoms with Crippen molar-refractivity contribution in [3.63, 3.8) is 0 Å². The van der Waals surface area contributed by atoms with E-state index < -0.39 is 0 Å². The molecule has 2 fully saturated rings. The molecule has 0 radical (unpaired) electrons. The van der Waals surface area contributed by atoms with Crippen molar-refractivity contribution in [3.8, 4) is 0 Å². The molecule has 1 saturated heterocycles. The van der Waals surface area contributed by atoms with E-state index in [0.29, 0.717) is 24.3 Å². The summed E-state index contributed by atoms with van der Waals surface area (Å²) in [6.07, 6.45) is 6.03. The third-order valence-electron chi connectivity index (χ3n) is 3.46. The molecule has 0 aromatic carbocycles. The van der Waals surface area contributed by atoms with Crippen LogP contribution in [0, 0.1) is 0 Å². The third-order valence-corrected chi connectivity index (χ3v) is 4.61. The van der Waals surface area contributed by atoms with E-state index >= 15 is 0 Å². The van der Waals surface area contributed by atoms with Gasteiger partial charge in [0.25, 0.3) is 0 Å². The Morgan fingerprint density at radius 1 is 1.38 bits per heavy atom. The van der Waals surface area contributed by atoms with Gasteiger partial charge in [-0.2, -0.15) is 11.8 Å². The fourth-order valence-electron chi connectivity index (χ4n) is 2.60. The van der Waals surface area contributed by atoms with Gasteiger partial charge in [0.1, 0.15) is 0 Å². The topological polar surface area (TPSA) is 49.4 Å². The summed E-state index contributed by atoms with van der Waals surface area (Å²) < 4.78 is 0. The van der Waals surface area contributed by atoms with Gasteiger partial charge in [-0.3, -0.25) is 9.59 Å². The van der Waals surface area contributed by atoms with Crippen molar-refractivity contribution < 1.29 is 9.59 Å². The largest absolute Gasteiger partial charge is 0.347 e. The molecule has 2 unspecified atom stereocenters. The first kappa shape index (κ1) is 11.8. The average Bonchev–Trinajstić information content (AvgIpc) is 2.68. The van der Waals surface area contributed by atoms with Crippen LogP contribution in [0.15, 0.2) is 0 Å². The monoisotopic (exact) mass is 242 g/mol. The Morgan fingerprint density at radius 3 is 2.94 bits per heavy atom. The lowest BCUT2D eigenvalue weighted by atomic mass is 10.2. The fourth-order valence-corrected chi connectivity index (χ4v) is 3.60. The SMILES string of the molecule is CSC1CCCC1N1CCC(=O)NCC1=O. The molecular formula is C11H18N2O2S. The molecule has 2 rings (SSSR count). The van der Waals surface area contributed by atoms with Crippen LogP contribution in [0.25, 0.3) is 0 Å². The van der Waals surface area contributed by atoms with Crippen molar-refractivity contribution in [1.82, 2.24) is 10.2 Å². The Kier molecular flexibility index (Phi) is 3.74. The fraction of sp³-hybridized carbons (Fsp3) is 0.818. The summed E-state index contributed by atoms with van der Waals surface area (Å²) in [5, 5.41) is 3.20. The summed E-state index contributed by atoms with van der Waals surface area (Å²) in [4.78, 5) is 25.1. The highest BCUT2D eigenvalue weighted by Crippen LogP contribution is 2.32. The Morgan fingerprint density at radius 2 is 2.19 bits per heavy atom. The van der Waals surface area contributed by atoms with Crippen LogP contribution in [0.1, 0.15) is 25.7 Å². The predicted octanol–water partition coefficient (Wildman–Crippen LogP) is 0.619. The van der Waals surface area contributed by atoms with Crippen molar-refractivity contribution in [3.05, 3.63) is 0 Å². The van der Waals surface area contributed by atoms with Gasteiger partial charge in [0, 0.05) is 24.3 Å². The smallest absolute Gasteiger partial charge is 0.242 e. The zero-order chi connectivity index (χ0) is 11.5. The van der Waals surface area contributed by atoms with Gasteiger partial charge in [-0.1, -0.05) is 6.42 Å². The van der Waals surface area contributed by atoms with Crippen molar-refractivity contribution in [1.29, 1.82) is 0 Å². The molecule has 0 aromatic heterocycles. The van der Waals surface area contributed by atoms with E-state index in [0.717, 1.165) is 6.42 Å². The zero-order valence-electron chi connectivity index (χ0n) is 9.57. The van der Waals surface area contributed by atoms with Crippen LogP contribution in [0.4, 0.5) is 0 Å². The Balaban J connectivity index is 2.06. The number of carbonyl (C=O) groups excluding carboxylic acids is 2. The molecular weight excluding hydrogens is 224 g/mol. The third kappa shape index (κ3) is 2.34. The molecule has 1 saturated carbocycles. The molecule has 90 valence electrons. The van der Waals surface area contributed by atoms with Crippen molar-refractivity contribution in [2.45, 2.75) is 37.0 Å². The summed E-state index contributed by atoms with van der Waals surface area (Å²) in [5.41, 5.74) is 0. The number of hydrogen-bond donors (Lipinski definition) is 1. The van der Waals surface area contributed by atoms with Gasteiger partial charge in [-0.15, -0.1) is 0 Å². The maximum atomic E-state index is 11.9. The minimum Gasteiger partial charge on any atom is -0.347 e. The number of hydrogen-bond acceptors (Lipinski definition) is 3. The lowest BCUT2D eigenvalue weighted by molar-refractivity contribution is -0.131. The average molecular weight is 242 g/mol. The highest BCUT2D eigenvalue weighted by molar-refractivity contribution is 7.99. The molecule has 0 bridgehead atoms. The van der Waals surface area contributed by atoms with Crippen molar-refractivity contribution in [2.75, 3.05) is 19.3 Å². The summed E-state index contributed by atoms with van der Waals surface area (Å²) in [5.74, 6) is 0.0753. The van der Waals surface area contributed by atoms with Crippen LogP contribution in [0.5, 0.6) is 0 Å². The summed E-state index contributed by atoms with van der Waals surface area (Å²) >= 11 is 1.84. The molecule has 4 nitrogen and oxygen atoms in total. The first-order valence-corrected chi connectivity index (χ1v) is 7.10. The molecule has 1 aliphatic carbocycles. The molecule has 2 amide bonds. The van der Waals surface area contributed by atoms with E-state index in [1.54, 1.807) is 0 Å². The van der Waals surface area contributed by atoms with Crippen LogP contribution >= 0.6 is 11.8 Å². The number of amides is 2. The second kappa shape index (κ2) is 5.08. The molecule has 1 aliphatic heterocycles. The summed E-state index contributed by atoms with van der Waals surface area (Å²) in [7, 11) is 0. The quantitative estimate of drug-likeness (QED) is 0.772. The number of nitrogens with one attached hydrogen (secondary N) is 1. The number of nitrogens with zero attached hydrogens (tertiary/aromatic N) is 1. The van der Waals surface area contributed by atoms with Crippen LogP contribution in [0.2, 0.25) is 0 Å². The van der Waals surface area contributed by atoms with E-state index in [1.807, 2.05) is 16.7 Å². The van der Waals surface area contributed by atoms with E-state index in [-0.39, 0.29) is 18.4 Å². The van der Waals surface area contributed by atoms with Gasteiger partial charge in [-0.05, 0) is 19.1 Å². The van der Waals surface area contributed by atoms with Gasteiger partial charge in [0.2, 0.25) is 11.8 Å². The second-order valence-electron chi connectivity index (χ2n) is 4.39. The van der Waals surface area contributed by atoms with Gasteiger partial charge in [0.15, 0.2) is 0 Å². The van der Waals surface area contributed by atoms with E-state index in [9.17, 15) is 9.59 Å². The van der Waals surface area contributed by atoms with E-state index in [1.165, 1.54) is 12.8 Å². The molecule has 2 atom stereocenters. The lowest BCUT2D eigenvalue weighted by Crippen LogP contribution is -2.45. The highest BCUT2D eigenvalue weighted by atomic mass is 32.2. The van der Waals surface area contributed by atoms with Crippen molar-refractivity contribution in [2.24, 2.45) is 0 Å². The van der Waals surface area contributed by atoms with Gasteiger partial charge in [-0.25, -0.2) is 0 Å². The predicted molar refractivity (Wildman–Crippen MR) is 64.3 cm³/mol. The molecule has 0 aromatic rings. The minimum atomic E-state index is -0.00505. The van der Waals surface area contributed by atoms with Gasteiger partial charge >= 0.3 is 0 Å². The van der Waals surface area contributed by atoms with Crippen molar-refractivity contribution >= 4 is 23.6 Å². The van der Waals surface area contributed by atoms with Crippen LogP contribution in [-0.4, -0.2) is 47.4 Å². The molecule has 2 aliphatic rings. The van der Waals surface area contributed by atoms with Gasteiger partial charge < -0.3 is 10.2 Å². The molecule has 1 N–H and O–H groups in total. The Labute approximate surface area is 100 Å². The summed E-state index contributed by atoms with van der Waals surface area (Å²) in [6.45, 7) is 0.767. The number of carbonyl (C=O) groups is 2. The second-order valence-corrected chi connectivity index (χ2v) is 5.46. The number of rotatable bonds is 2. The van der Waals surface area contributed by atoms with Crippen LogP contribution < -0.4 is 5.32 Å². The first-order chi connectivity index (χ1) is 7.72. The number of thioether (sulfide) groups is 1. The Hall–Kier alpha value is -0.710. The van der Waals surface area contributed by atoms with Gasteiger partial charge in [0.05, 0.1) is 6.54 Å². The zero-order valence-corrected chi connectivity index (χ0v) is 10.4. The van der Waals surface area contributed by atoms with Crippen LogP contribution in [-0.2, 0) is 9.59 Å². The normalized spacial score (nSPS) is 31.4. The molecule has 16 heavy (non-hydrogen) atoms. The maximum absolute atomic E-state index is 11.9. The van der Waals surface area contributed by atoms with Crippen LogP contribution in [0.3, 0.4) is 0 Å². The highest BCUT2D eigenvalue weighted by Gasteiger charge is 2.35.